The zero-order valence-electron chi connectivity index (χ0n) is 19.1. The van der Waals surface area contributed by atoms with Crippen LogP contribution in [0.15, 0.2) is 5.38 Å². The summed E-state index contributed by atoms with van der Waals surface area (Å²) < 4.78 is 11.2. The van der Waals surface area contributed by atoms with Crippen LogP contribution in [0.25, 0.3) is 0 Å². The molecule has 0 aromatic carbocycles. The molecule has 30 heavy (non-hydrogen) atoms. The molecule has 1 N–H and O–H groups in total. The van der Waals surface area contributed by atoms with E-state index in [-0.39, 0.29) is 42.4 Å². The fourth-order valence-electron chi connectivity index (χ4n) is 2.84. The summed E-state index contributed by atoms with van der Waals surface area (Å²) in [5, 5.41) is 11.0. The van der Waals surface area contributed by atoms with Gasteiger partial charge >= 0.3 is 18.0 Å². The Balaban J connectivity index is 3.14. The number of nitrogens with zero attached hydrogens (tertiary/aromatic N) is 2. The lowest BCUT2D eigenvalue weighted by atomic mass is 9.96. The van der Waals surface area contributed by atoms with Crippen LogP contribution in [0, 0.1) is 11.8 Å². The monoisotopic (exact) mass is 442 g/mol. The smallest absolute Gasteiger partial charge is 0.410 e. The van der Waals surface area contributed by atoms with Gasteiger partial charge in [-0.25, -0.2) is 14.6 Å². The standard InChI is InChI=1S/C21H34N2O6S/c1-12(2)9-17(24)28-16(18-22-14(11-30-18)19(25)26)10-15(13(3)4)23(8)20(27)29-21(5,6)7/h11-13,15-16H,9-10H2,1-8H3,(H,25,26)/t15-,16-/m1/s1. The van der Waals surface area contributed by atoms with E-state index in [0.29, 0.717) is 5.01 Å². The summed E-state index contributed by atoms with van der Waals surface area (Å²) in [5.41, 5.74) is -0.733. The van der Waals surface area contributed by atoms with Gasteiger partial charge < -0.3 is 19.5 Å². The molecule has 0 aliphatic carbocycles. The van der Waals surface area contributed by atoms with E-state index in [4.69, 9.17) is 9.47 Å². The molecule has 0 radical (unpaired) electrons. The molecule has 1 aromatic heterocycles. The molecule has 0 unspecified atom stereocenters. The van der Waals surface area contributed by atoms with Crippen molar-refractivity contribution in [3.8, 4) is 0 Å². The summed E-state index contributed by atoms with van der Waals surface area (Å²) in [4.78, 5) is 41.8. The van der Waals surface area contributed by atoms with Crippen molar-refractivity contribution < 1.29 is 29.0 Å². The third kappa shape index (κ3) is 8.30. The molecule has 8 nitrogen and oxygen atoms in total. The maximum absolute atomic E-state index is 12.6. The number of carbonyl (C=O) groups is 3. The number of aromatic nitrogens is 1. The number of amides is 1. The zero-order valence-corrected chi connectivity index (χ0v) is 19.9. The third-order valence-electron chi connectivity index (χ3n) is 4.27. The Morgan fingerprint density at radius 2 is 1.80 bits per heavy atom. The van der Waals surface area contributed by atoms with Gasteiger partial charge in [-0.2, -0.15) is 0 Å². The highest BCUT2D eigenvalue weighted by Gasteiger charge is 2.33. The fraction of sp³-hybridized carbons (Fsp3) is 0.714. The number of carbonyl (C=O) groups excluding carboxylic acids is 2. The van der Waals surface area contributed by atoms with Gasteiger partial charge in [0.1, 0.15) is 10.6 Å². The summed E-state index contributed by atoms with van der Waals surface area (Å²) in [7, 11) is 1.65. The molecule has 0 saturated heterocycles. The minimum atomic E-state index is -1.14. The molecule has 9 heteroatoms. The molecule has 1 heterocycles. The summed E-state index contributed by atoms with van der Waals surface area (Å²) in [6, 6.07) is -0.311. The molecule has 0 aliphatic rings. The van der Waals surface area contributed by atoms with Crippen molar-refractivity contribution in [2.45, 2.75) is 79.1 Å². The average Bonchev–Trinajstić information content (AvgIpc) is 3.05. The van der Waals surface area contributed by atoms with Crippen molar-refractivity contribution in [1.29, 1.82) is 0 Å². The third-order valence-corrected chi connectivity index (χ3v) is 5.21. The van der Waals surface area contributed by atoms with Crippen LogP contribution in [0.1, 0.15) is 82.9 Å². The van der Waals surface area contributed by atoms with Crippen LogP contribution in [-0.4, -0.2) is 51.7 Å². The largest absolute Gasteiger partial charge is 0.476 e. The van der Waals surface area contributed by atoms with Crippen LogP contribution in [0.2, 0.25) is 0 Å². The van der Waals surface area contributed by atoms with E-state index >= 15 is 0 Å². The van der Waals surface area contributed by atoms with E-state index in [0.717, 1.165) is 11.3 Å². The van der Waals surface area contributed by atoms with Gasteiger partial charge in [0.05, 0.1) is 0 Å². The number of thiazole rings is 1. The minimum Gasteiger partial charge on any atom is -0.476 e. The van der Waals surface area contributed by atoms with Crippen molar-refractivity contribution in [1.82, 2.24) is 9.88 Å². The first kappa shape index (κ1) is 25.9. The molecule has 170 valence electrons. The number of hydrogen-bond donors (Lipinski definition) is 1. The summed E-state index contributed by atoms with van der Waals surface area (Å²) in [5.74, 6) is -1.37. The highest BCUT2D eigenvalue weighted by atomic mass is 32.1. The first-order valence-corrected chi connectivity index (χ1v) is 10.9. The number of hydrogen-bond acceptors (Lipinski definition) is 7. The van der Waals surface area contributed by atoms with Gasteiger partial charge in [-0.3, -0.25) is 4.79 Å². The zero-order chi connectivity index (χ0) is 23.2. The number of rotatable bonds is 9. The lowest BCUT2D eigenvalue weighted by Crippen LogP contribution is -2.44. The van der Waals surface area contributed by atoms with E-state index in [9.17, 15) is 19.5 Å². The molecule has 1 rings (SSSR count). The fourth-order valence-corrected chi connectivity index (χ4v) is 3.67. The second kappa shape index (κ2) is 10.7. The van der Waals surface area contributed by atoms with E-state index in [1.807, 2.05) is 27.7 Å². The predicted molar refractivity (Wildman–Crippen MR) is 115 cm³/mol. The molecular formula is C21H34N2O6S. The molecule has 0 spiro atoms. The second-order valence-electron chi connectivity index (χ2n) is 9.09. The Morgan fingerprint density at radius 1 is 1.20 bits per heavy atom. The second-order valence-corrected chi connectivity index (χ2v) is 9.98. The van der Waals surface area contributed by atoms with Crippen LogP contribution < -0.4 is 0 Å². The van der Waals surface area contributed by atoms with E-state index in [1.54, 1.807) is 27.8 Å². The van der Waals surface area contributed by atoms with Gasteiger partial charge in [0, 0.05) is 31.3 Å². The Kier molecular flexibility index (Phi) is 9.27. The Morgan fingerprint density at radius 3 is 2.23 bits per heavy atom. The van der Waals surface area contributed by atoms with Crippen LogP contribution >= 0.6 is 11.3 Å². The summed E-state index contributed by atoms with van der Waals surface area (Å²) in [6.45, 7) is 13.1. The predicted octanol–water partition coefficient (Wildman–Crippen LogP) is 4.75. The maximum atomic E-state index is 12.6. The summed E-state index contributed by atoms with van der Waals surface area (Å²) in [6.07, 6.45) is -0.711. The molecule has 1 aromatic rings. The number of ether oxygens (including phenoxy) is 2. The number of carboxylic acid groups (broad SMARTS) is 1. The number of carboxylic acids is 1. The van der Waals surface area contributed by atoms with E-state index in [2.05, 4.69) is 4.98 Å². The van der Waals surface area contributed by atoms with Crippen molar-refractivity contribution in [3.05, 3.63) is 16.1 Å². The lowest BCUT2D eigenvalue weighted by molar-refractivity contribution is -0.151. The van der Waals surface area contributed by atoms with E-state index in [1.165, 1.54) is 10.3 Å². The average molecular weight is 443 g/mol. The Labute approximate surface area is 182 Å². The van der Waals surface area contributed by atoms with Gasteiger partial charge in [0.2, 0.25) is 0 Å². The van der Waals surface area contributed by atoms with Crippen molar-refractivity contribution in [2.24, 2.45) is 11.8 Å². The van der Waals surface area contributed by atoms with Crippen molar-refractivity contribution >= 4 is 29.4 Å². The normalized spacial score (nSPS) is 13.8. The molecule has 2 atom stereocenters. The van der Waals surface area contributed by atoms with Gasteiger partial charge in [-0.05, 0) is 32.6 Å². The number of aromatic carboxylic acids is 1. The Bertz CT molecular complexity index is 738. The molecule has 0 fully saturated rings. The van der Waals surface area contributed by atoms with Crippen LogP contribution in [-0.2, 0) is 14.3 Å². The highest BCUT2D eigenvalue weighted by molar-refractivity contribution is 7.09. The SMILES string of the molecule is CC(C)CC(=O)O[C@H](C[C@H](C(C)C)N(C)C(=O)OC(C)(C)C)c1nc(C(=O)O)cs1. The molecule has 0 aliphatic heterocycles. The van der Waals surface area contributed by atoms with Crippen LogP contribution in [0.4, 0.5) is 4.79 Å². The maximum Gasteiger partial charge on any atom is 0.410 e. The number of esters is 1. The van der Waals surface area contributed by atoms with Crippen LogP contribution in [0.3, 0.4) is 0 Å². The quantitative estimate of drug-likeness (QED) is 0.550. The van der Waals surface area contributed by atoms with Gasteiger partial charge in [-0.1, -0.05) is 27.7 Å². The highest BCUT2D eigenvalue weighted by Crippen LogP contribution is 2.31. The first-order valence-electron chi connectivity index (χ1n) is 10.0. The molecule has 1 amide bonds. The molecule has 0 saturated carbocycles. The Hall–Kier alpha value is -2.16. The van der Waals surface area contributed by atoms with Gasteiger partial charge in [0.25, 0.3) is 0 Å². The minimum absolute atomic E-state index is 0.0349. The van der Waals surface area contributed by atoms with Gasteiger partial charge in [-0.15, -0.1) is 11.3 Å². The van der Waals surface area contributed by atoms with Gasteiger partial charge in [0.15, 0.2) is 11.8 Å². The first-order chi connectivity index (χ1) is 13.7. The van der Waals surface area contributed by atoms with Crippen molar-refractivity contribution in [3.63, 3.8) is 0 Å². The van der Waals surface area contributed by atoms with Crippen LogP contribution in [0.5, 0.6) is 0 Å². The molecular weight excluding hydrogens is 408 g/mol. The lowest BCUT2D eigenvalue weighted by Gasteiger charge is -2.34. The topological polar surface area (TPSA) is 106 Å². The van der Waals surface area contributed by atoms with Crippen molar-refractivity contribution in [2.75, 3.05) is 7.05 Å². The van der Waals surface area contributed by atoms with E-state index < -0.39 is 23.8 Å². The molecule has 0 bridgehead atoms. The summed E-state index contributed by atoms with van der Waals surface area (Å²) >= 11 is 1.13.